The Kier molecular flexibility index (Phi) is 4.50. The highest BCUT2D eigenvalue weighted by Gasteiger charge is 2.17. The van der Waals surface area contributed by atoms with E-state index >= 15 is 0 Å². The standard InChI is InChI=1S/C13H20N4O/c1-2-14-12-9-16-11(8-17-12)13(18)15-7-6-10-4-3-5-10/h8-10H,2-7H2,1H3,(H,14,17)(H,15,18). The number of carbonyl (C=O) groups excluding carboxylic acids is 1. The van der Waals surface area contributed by atoms with Gasteiger partial charge < -0.3 is 10.6 Å². The summed E-state index contributed by atoms with van der Waals surface area (Å²) in [7, 11) is 0. The molecule has 1 aliphatic carbocycles. The lowest BCUT2D eigenvalue weighted by atomic mass is 9.83. The highest BCUT2D eigenvalue weighted by atomic mass is 16.1. The van der Waals surface area contributed by atoms with Gasteiger partial charge in [0.2, 0.25) is 0 Å². The van der Waals surface area contributed by atoms with Crippen LogP contribution in [0, 0.1) is 5.92 Å². The smallest absolute Gasteiger partial charge is 0.271 e. The number of rotatable bonds is 6. The Morgan fingerprint density at radius 2 is 2.22 bits per heavy atom. The quantitative estimate of drug-likeness (QED) is 0.806. The van der Waals surface area contributed by atoms with Crippen molar-refractivity contribution in [3.8, 4) is 0 Å². The van der Waals surface area contributed by atoms with Crippen LogP contribution in [0.25, 0.3) is 0 Å². The van der Waals surface area contributed by atoms with Gasteiger partial charge in [-0.15, -0.1) is 0 Å². The number of nitrogens with one attached hydrogen (secondary N) is 2. The van der Waals surface area contributed by atoms with Crippen molar-refractivity contribution < 1.29 is 4.79 Å². The van der Waals surface area contributed by atoms with Crippen molar-refractivity contribution in [2.75, 3.05) is 18.4 Å². The van der Waals surface area contributed by atoms with Gasteiger partial charge in [-0.05, 0) is 19.3 Å². The lowest BCUT2D eigenvalue weighted by Gasteiger charge is -2.25. The van der Waals surface area contributed by atoms with Crippen LogP contribution < -0.4 is 10.6 Å². The first kappa shape index (κ1) is 12.8. The fourth-order valence-corrected chi connectivity index (χ4v) is 1.98. The minimum absolute atomic E-state index is 0.134. The van der Waals surface area contributed by atoms with E-state index in [0.717, 1.165) is 25.4 Å². The number of anilines is 1. The molecule has 0 saturated heterocycles. The summed E-state index contributed by atoms with van der Waals surface area (Å²) in [4.78, 5) is 20.0. The Morgan fingerprint density at radius 1 is 1.39 bits per heavy atom. The molecule has 0 aromatic carbocycles. The Labute approximate surface area is 107 Å². The fourth-order valence-electron chi connectivity index (χ4n) is 1.98. The van der Waals surface area contributed by atoms with Gasteiger partial charge in [-0.1, -0.05) is 19.3 Å². The summed E-state index contributed by atoms with van der Waals surface area (Å²) in [5, 5.41) is 5.93. The van der Waals surface area contributed by atoms with Crippen LogP contribution in [-0.4, -0.2) is 29.0 Å². The molecule has 1 saturated carbocycles. The summed E-state index contributed by atoms with van der Waals surface area (Å²) in [6.45, 7) is 3.52. The predicted octanol–water partition coefficient (Wildman–Crippen LogP) is 1.83. The molecule has 18 heavy (non-hydrogen) atoms. The third-order valence-corrected chi connectivity index (χ3v) is 3.31. The van der Waals surface area contributed by atoms with Gasteiger partial charge in [-0.3, -0.25) is 4.79 Å². The highest BCUT2D eigenvalue weighted by molar-refractivity contribution is 5.91. The lowest BCUT2D eigenvalue weighted by molar-refractivity contribution is 0.0943. The van der Waals surface area contributed by atoms with Gasteiger partial charge in [-0.2, -0.15) is 0 Å². The highest BCUT2D eigenvalue weighted by Crippen LogP contribution is 2.28. The van der Waals surface area contributed by atoms with Gasteiger partial charge in [0.25, 0.3) is 5.91 Å². The average Bonchev–Trinajstić information content (AvgIpc) is 2.33. The monoisotopic (exact) mass is 248 g/mol. The number of nitrogens with zero attached hydrogens (tertiary/aromatic N) is 2. The second-order valence-corrected chi connectivity index (χ2v) is 4.66. The van der Waals surface area contributed by atoms with Crippen LogP contribution in [0.2, 0.25) is 0 Å². The van der Waals surface area contributed by atoms with Crippen LogP contribution in [0.1, 0.15) is 43.1 Å². The van der Waals surface area contributed by atoms with Gasteiger partial charge in [0.1, 0.15) is 11.5 Å². The van der Waals surface area contributed by atoms with E-state index in [2.05, 4.69) is 20.6 Å². The minimum Gasteiger partial charge on any atom is -0.369 e. The average molecular weight is 248 g/mol. The van der Waals surface area contributed by atoms with Crippen molar-refractivity contribution in [2.45, 2.75) is 32.6 Å². The molecule has 98 valence electrons. The molecule has 0 radical (unpaired) electrons. The first-order valence-electron chi connectivity index (χ1n) is 6.63. The largest absolute Gasteiger partial charge is 0.369 e. The van der Waals surface area contributed by atoms with E-state index in [1.807, 2.05) is 6.92 Å². The van der Waals surface area contributed by atoms with E-state index in [1.54, 1.807) is 6.20 Å². The zero-order chi connectivity index (χ0) is 12.8. The maximum atomic E-state index is 11.8. The van der Waals surface area contributed by atoms with Crippen molar-refractivity contribution >= 4 is 11.7 Å². The maximum absolute atomic E-state index is 11.8. The topological polar surface area (TPSA) is 66.9 Å². The number of hydrogen-bond donors (Lipinski definition) is 2. The minimum atomic E-state index is -0.134. The summed E-state index contributed by atoms with van der Waals surface area (Å²) < 4.78 is 0. The zero-order valence-electron chi connectivity index (χ0n) is 10.8. The maximum Gasteiger partial charge on any atom is 0.271 e. The molecular weight excluding hydrogens is 228 g/mol. The predicted molar refractivity (Wildman–Crippen MR) is 70.5 cm³/mol. The zero-order valence-corrected chi connectivity index (χ0v) is 10.8. The van der Waals surface area contributed by atoms with Gasteiger partial charge in [0, 0.05) is 13.1 Å². The Balaban J connectivity index is 1.76. The Bertz CT molecular complexity index is 386. The molecule has 1 heterocycles. The van der Waals surface area contributed by atoms with Crippen LogP contribution in [0.15, 0.2) is 12.4 Å². The first-order chi connectivity index (χ1) is 8.79. The van der Waals surface area contributed by atoms with Crippen molar-refractivity contribution in [3.63, 3.8) is 0 Å². The third kappa shape index (κ3) is 3.42. The first-order valence-corrected chi connectivity index (χ1v) is 6.63. The van der Waals surface area contributed by atoms with Crippen LogP contribution in [-0.2, 0) is 0 Å². The molecule has 5 heteroatoms. The molecule has 0 unspecified atom stereocenters. The summed E-state index contributed by atoms with van der Waals surface area (Å²) in [6.07, 6.45) is 8.14. The van der Waals surface area contributed by atoms with Gasteiger partial charge >= 0.3 is 0 Å². The number of amides is 1. The van der Waals surface area contributed by atoms with Crippen LogP contribution in [0.4, 0.5) is 5.82 Å². The van der Waals surface area contributed by atoms with E-state index < -0.39 is 0 Å². The van der Waals surface area contributed by atoms with Crippen molar-refractivity contribution in [3.05, 3.63) is 18.1 Å². The third-order valence-electron chi connectivity index (χ3n) is 3.31. The number of aromatic nitrogens is 2. The molecule has 2 rings (SSSR count). The molecule has 2 N–H and O–H groups in total. The number of carbonyl (C=O) groups is 1. The summed E-state index contributed by atoms with van der Waals surface area (Å²) >= 11 is 0. The Hall–Kier alpha value is -1.65. The van der Waals surface area contributed by atoms with Gasteiger partial charge in [0.05, 0.1) is 12.4 Å². The SMILES string of the molecule is CCNc1cnc(C(=O)NCCC2CCC2)cn1. The van der Waals surface area contributed by atoms with Crippen molar-refractivity contribution in [1.29, 1.82) is 0 Å². The summed E-state index contributed by atoms with van der Waals surface area (Å²) in [5.41, 5.74) is 0.380. The Morgan fingerprint density at radius 3 is 2.78 bits per heavy atom. The fraction of sp³-hybridized carbons (Fsp3) is 0.615. The molecule has 1 fully saturated rings. The molecule has 0 spiro atoms. The van der Waals surface area contributed by atoms with Crippen molar-refractivity contribution in [1.82, 2.24) is 15.3 Å². The molecule has 0 atom stereocenters. The molecule has 5 nitrogen and oxygen atoms in total. The van der Waals surface area contributed by atoms with Crippen LogP contribution in [0.5, 0.6) is 0 Å². The second-order valence-electron chi connectivity index (χ2n) is 4.66. The summed E-state index contributed by atoms with van der Waals surface area (Å²) in [6, 6.07) is 0. The molecule has 0 aliphatic heterocycles. The molecular formula is C13H20N4O. The van der Waals surface area contributed by atoms with E-state index in [0.29, 0.717) is 11.5 Å². The molecule has 1 amide bonds. The van der Waals surface area contributed by atoms with Crippen LogP contribution >= 0.6 is 0 Å². The van der Waals surface area contributed by atoms with Gasteiger partial charge in [-0.25, -0.2) is 9.97 Å². The van der Waals surface area contributed by atoms with Crippen LogP contribution in [0.3, 0.4) is 0 Å². The normalized spacial score (nSPS) is 14.9. The van der Waals surface area contributed by atoms with E-state index in [-0.39, 0.29) is 5.91 Å². The lowest BCUT2D eigenvalue weighted by Crippen LogP contribution is -2.28. The molecule has 0 bridgehead atoms. The molecule has 1 aromatic rings. The number of hydrogen-bond acceptors (Lipinski definition) is 4. The molecule has 1 aliphatic rings. The molecule has 1 aromatic heterocycles. The van der Waals surface area contributed by atoms with Crippen molar-refractivity contribution in [2.24, 2.45) is 5.92 Å². The van der Waals surface area contributed by atoms with E-state index in [9.17, 15) is 4.79 Å². The van der Waals surface area contributed by atoms with Gasteiger partial charge in [0.15, 0.2) is 0 Å². The second kappa shape index (κ2) is 6.33. The summed E-state index contributed by atoms with van der Waals surface area (Å²) in [5.74, 6) is 1.38. The van der Waals surface area contributed by atoms with E-state index in [4.69, 9.17) is 0 Å². The van der Waals surface area contributed by atoms with E-state index in [1.165, 1.54) is 25.5 Å².